The molecule has 2 nitrogen and oxygen atoms in total. The predicted octanol–water partition coefficient (Wildman–Crippen LogP) is 2.99. The van der Waals surface area contributed by atoms with E-state index in [4.69, 9.17) is 0 Å². The Morgan fingerprint density at radius 2 is 2.00 bits per heavy atom. The smallest absolute Gasteiger partial charge is 0.0701 e. The second kappa shape index (κ2) is 6.63. The lowest BCUT2D eigenvalue weighted by molar-refractivity contribution is 0.475. The van der Waals surface area contributed by atoms with Crippen LogP contribution >= 0.6 is 27.3 Å². The Labute approximate surface area is 105 Å². The van der Waals surface area contributed by atoms with Crippen molar-refractivity contribution in [3.05, 3.63) is 20.8 Å². The fraction of sp³-hybridized carbons (Fsp3) is 0.636. The van der Waals surface area contributed by atoms with Crippen LogP contribution in [0.3, 0.4) is 0 Å². The molecule has 0 aliphatic heterocycles. The lowest BCUT2D eigenvalue weighted by Crippen LogP contribution is -2.38. The van der Waals surface area contributed by atoms with Gasteiger partial charge in [-0.2, -0.15) is 0 Å². The topological polar surface area (TPSA) is 24.1 Å². The fourth-order valence-electron chi connectivity index (χ4n) is 1.21. The summed E-state index contributed by atoms with van der Waals surface area (Å²) in [4.78, 5) is 1.37. The molecule has 1 unspecified atom stereocenters. The molecule has 1 aromatic heterocycles. The third-order valence-electron chi connectivity index (χ3n) is 2.09. The van der Waals surface area contributed by atoms with E-state index in [2.05, 4.69) is 59.5 Å². The van der Waals surface area contributed by atoms with E-state index < -0.39 is 0 Å². The zero-order valence-corrected chi connectivity index (χ0v) is 11.9. The second-order valence-corrected chi connectivity index (χ2v) is 6.60. The van der Waals surface area contributed by atoms with E-state index in [1.807, 2.05) is 0 Å². The van der Waals surface area contributed by atoms with Crippen LogP contribution in [-0.2, 0) is 6.54 Å². The van der Waals surface area contributed by atoms with E-state index >= 15 is 0 Å². The average molecular weight is 291 g/mol. The number of rotatable bonds is 6. The van der Waals surface area contributed by atoms with Gasteiger partial charge in [0.15, 0.2) is 0 Å². The number of thiophene rings is 1. The summed E-state index contributed by atoms with van der Waals surface area (Å²) in [7, 11) is 0. The van der Waals surface area contributed by atoms with Crippen molar-refractivity contribution in [2.75, 3.05) is 6.54 Å². The first-order valence-electron chi connectivity index (χ1n) is 5.29. The van der Waals surface area contributed by atoms with Crippen LogP contribution in [0.5, 0.6) is 0 Å². The van der Waals surface area contributed by atoms with Crippen molar-refractivity contribution in [3.8, 4) is 0 Å². The summed E-state index contributed by atoms with van der Waals surface area (Å²) in [6.45, 7) is 8.52. The molecule has 1 rings (SSSR count). The van der Waals surface area contributed by atoms with Crippen LogP contribution in [0.4, 0.5) is 0 Å². The number of hydrogen-bond donors (Lipinski definition) is 2. The summed E-state index contributed by atoms with van der Waals surface area (Å²) >= 11 is 5.26. The highest BCUT2D eigenvalue weighted by Gasteiger charge is 2.03. The minimum Gasteiger partial charge on any atom is -0.313 e. The van der Waals surface area contributed by atoms with E-state index in [1.165, 1.54) is 8.66 Å². The van der Waals surface area contributed by atoms with Crippen molar-refractivity contribution in [2.24, 2.45) is 0 Å². The van der Waals surface area contributed by atoms with E-state index in [0.29, 0.717) is 12.1 Å². The maximum absolute atomic E-state index is 3.49. The Bertz CT molecular complexity index is 286. The van der Waals surface area contributed by atoms with Crippen molar-refractivity contribution in [1.82, 2.24) is 10.6 Å². The number of halogens is 1. The fourth-order valence-corrected chi connectivity index (χ4v) is 2.64. The van der Waals surface area contributed by atoms with Gasteiger partial charge in [0.25, 0.3) is 0 Å². The van der Waals surface area contributed by atoms with Gasteiger partial charge in [-0.05, 0) is 35.0 Å². The molecule has 2 N–H and O–H groups in total. The van der Waals surface area contributed by atoms with Crippen LogP contribution in [0.25, 0.3) is 0 Å². The van der Waals surface area contributed by atoms with Crippen molar-refractivity contribution < 1.29 is 0 Å². The van der Waals surface area contributed by atoms with Crippen LogP contribution in [0.1, 0.15) is 25.6 Å². The van der Waals surface area contributed by atoms with Crippen molar-refractivity contribution >= 4 is 27.3 Å². The molecule has 0 aliphatic rings. The van der Waals surface area contributed by atoms with Gasteiger partial charge in [0.05, 0.1) is 3.79 Å². The Balaban J connectivity index is 2.19. The summed E-state index contributed by atoms with van der Waals surface area (Å²) in [6, 6.07) is 5.32. The lowest BCUT2D eigenvalue weighted by Gasteiger charge is -2.15. The maximum Gasteiger partial charge on any atom is 0.0701 e. The summed E-state index contributed by atoms with van der Waals surface area (Å²) in [6.07, 6.45) is 0. The third kappa shape index (κ3) is 5.66. The molecule has 15 heavy (non-hydrogen) atoms. The highest BCUT2D eigenvalue weighted by Crippen LogP contribution is 2.21. The molecule has 0 aliphatic carbocycles. The SMILES string of the molecule is CC(C)NCC(C)NCc1ccc(Br)s1. The monoisotopic (exact) mass is 290 g/mol. The Morgan fingerprint density at radius 1 is 1.27 bits per heavy atom. The van der Waals surface area contributed by atoms with Crippen molar-refractivity contribution in [1.29, 1.82) is 0 Å². The van der Waals surface area contributed by atoms with Gasteiger partial charge in [0.2, 0.25) is 0 Å². The first-order chi connectivity index (χ1) is 7.08. The molecule has 0 saturated carbocycles. The van der Waals surface area contributed by atoms with Gasteiger partial charge >= 0.3 is 0 Å². The first-order valence-corrected chi connectivity index (χ1v) is 6.90. The zero-order chi connectivity index (χ0) is 11.3. The van der Waals surface area contributed by atoms with Crippen molar-refractivity contribution in [2.45, 2.75) is 39.4 Å². The van der Waals surface area contributed by atoms with Gasteiger partial charge in [-0.3, -0.25) is 0 Å². The highest BCUT2D eigenvalue weighted by molar-refractivity contribution is 9.11. The van der Waals surface area contributed by atoms with Gasteiger partial charge in [0, 0.05) is 30.1 Å². The van der Waals surface area contributed by atoms with Gasteiger partial charge in [-0.1, -0.05) is 13.8 Å². The molecule has 0 radical (unpaired) electrons. The molecule has 4 heteroatoms. The average Bonchev–Trinajstić information content (AvgIpc) is 2.58. The Kier molecular flexibility index (Phi) is 5.82. The number of hydrogen-bond acceptors (Lipinski definition) is 3. The molecule has 1 heterocycles. The minimum absolute atomic E-state index is 0.508. The second-order valence-electron chi connectivity index (χ2n) is 4.05. The van der Waals surface area contributed by atoms with E-state index in [-0.39, 0.29) is 0 Å². The standard InChI is InChI=1S/C11H19BrN2S/c1-8(2)13-6-9(3)14-7-10-4-5-11(12)15-10/h4-5,8-9,13-14H,6-7H2,1-3H3. The summed E-state index contributed by atoms with van der Waals surface area (Å²) < 4.78 is 1.20. The van der Waals surface area contributed by atoms with Gasteiger partial charge in [0.1, 0.15) is 0 Å². The molecular formula is C11H19BrN2S. The van der Waals surface area contributed by atoms with E-state index in [0.717, 1.165) is 13.1 Å². The maximum atomic E-state index is 3.49. The van der Waals surface area contributed by atoms with Gasteiger partial charge < -0.3 is 10.6 Å². The molecule has 0 spiro atoms. The molecular weight excluding hydrogens is 272 g/mol. The summed E-state index contributed by atoms with van der Waals surface area (Å²) in [5.74, 6) is 0. The predicted molar refractivity (Wildman–Crippen MR) is 71.5 cm³/mol. The van der Waals surface area contributed by atoms with E-state index in [9.17, 15) is 0 Å². The quantitative estimate of drug-likeness (QED) is 0.842. The molecule has 86 valence electrons. The molecule has 0 aromatic carbocycles. The summed E-state index contributed by atoms with van der Waals surface area (Å²) in [5, 5.41) is 6.91. The zero-order valence-electron chi connectivity index (χ0n) is 9.51. The molecule has 0 bridgehead atoms. The van der Waals surface area contributed by atoms with Gasteiger partial charge in [-0.15, -0.1) is 11.3 Å². The molecule has 1 atom stereocenters. The van der Waals surface area contributed by atoms with Crippen LogP contribution in [-0.4, -0.2) is 18.6 Å². The molecule has 0 amide bonds. The Hall–Kier alpha value is 0.1000. The Morgan fingerprint density at radius 3 is 2.53 bits per heavy atom. The van der Waals surface area contributed by atoms with Crippen LogP contribution in [0.2, 0.25) is 0 Å². The van der Waals surface area contributed by atoms with Crippen LogP contribution in [0.15, 0.2) is 15.9 Å². The lowest BCUT2D eigenvalue weighted by atomic mass is 10.3. The normalized spacial score (nSPS) is 13.4. The van der Waals surface area contributed by atoms with Gasteiger partial charge in [-0.25, -0.2) is 0 Å². The molecule has 0 fully saturated rings. The van der Waals surface area contributed by atoms with E-state index in [1.54, 1.807) is 11.3 Å². The minimum atomic E-state index is 0.508. The highest BCUT2D eigenvalue weighted by atomic mass is 79.9. The number of nitrogens with one attached hydrogen (secondary N) is 2. The summed E-state index contributed by atoms with van der Waals surface area (Å²) in [5.41, 5.74) is 0. The van der Waals surface area contributed by atoms with Crippen LogP contribution in [0, 0.1) is 0 Å². The largest absolute Gasteiger partial charge is 0.313 e. The first kappa shape index (κ1) is 13.2. The van der Waals surface area contributed by atoms with Crippen LogP contribution < -0.4 is 10.6 Å². The molecule has 0 saturated heterocycles. The molecule has 1 aromatic rings. The third-order valence-corrected chi connectivity index (χ3v) is 3.71. The van der Waals surface area contributed by atoms with Crippen molar-refractivity contribution in [3.63, 3.8) is 0 Å².